The summed E-state index contributed by atoms with van der Waals surface area (Å²) in [5.41, 5.74) is 8.14. The van der Waals surface area contributed by atoms with E-state index in [0.29, 0.717) is 6.04 Å². The van der Waals surface area contributed by atoms with E-state index in [1.54, 1.807) is 6.20 Å². The van der Waals surface area contributed by atoms with Crippen LogP contribution >= 0.6 is 11.8 Å². The van der Waals surface area contributed by atoms with Crippen LogP contribution in [0.1, 0.15) is 12.8 Å². The van der Waals surface area contributed by atoms with Crippen LogP contribution in [-0.4, -0.2) is 22.5 Å². The molecule has 3 nitrogen and oxygen atoms in total. The maximum absolute atomic E-state index is 6.24. The van der Waals surface area contributed by atoms with Gasteiger partial charge in [0.2, 0.25) is 0 Å². The Kier molecular flexibility index (Phi) is 3.28. The highest BCUT2D eigenvalue weighted by atomic mass is 32.2. The third-order valence-electron chi connectivity index (χ3n) is 3.44. The molecular formula is C14H17N3S. The third kappa shape index (κ3) is 2.25. The van der Waals surface area contributed by atoms with Gasteiger partial charge in [-0.15, -0.1) is 0 Å². The lowest BCUT2D eigenvalue weighted by molar-refractivity contribution is 0.667. The number of nitrogens with two attached hydrogens (primary N) is 1. The SMILES string of the molecule is Nc1c(NC2CCSCC2)ccc2cnccc12. The Hall–Kier alpha value is -1.42. The first-order valence-corrected chi connectivity index (χ1v) is 7.46. The first-order valence-electron chi connectivity index (χ1n) is 6.31. The van der Waals surface area contributed by atoms with Crippen molar-refractivity contribution in [2.75, 3.05) is 22.6 Å². The van der Waals surface area contributed by atoms with Crippen LogP contribution in [0.4, 0.5) is 11.4 Å². The number of hydrogen-bond donors (Lipinski definition) is 2. The molecule has 1 aliphatic rings. The third-order valence-corrected chi connectivity index (χ3v) is 4.49. The Morgan fingerprint density at radius 3 is 2.89 bits per heavy atom. The summed E-state index contributed by atoms with van der Waals surface area (Å²) in [6.45, 7) is 0. The molecule has 0 saturated carbocycles. The lowest BCUT2D eigenvalue weighted by atomic mass is 10.1. The van der Waals surface area contributed by atoms with Gasteiger partial charge in [-0.3, -0.25) is 4.98 Å². The number of rotatable bonds is 2. The van der Waals surface area contributed by atoms with E-state index in [1.165, 1.54) is 24.3 Å². The van der Waals surface area contributed by atoms with Crippen molar-refractivity contribution in [2.45, 2.75) is 18.9 Å². The molecule has 4 heteroatoms. The van der Waals surface area contributed by atoms with Crippen molar-refractivity contribution in [1.82, 2.24) is 4.98 Å². The number of nitrogens with one attached hydrogen (secondary N) is 1. The average molecular weight is 259 g/mol. The maximum Gasteiger partial charge on any atom is 0.0630 e. The zero-order chi connectivity index (χ0) is 12.4. The van der Waals surface area contributed by atoms with Crippen molar-refractivity contribution < 1.29 is 0 Å². The summed E-state index contributed by atoms with van der Waals surface area (Å²) < 4.78 is 0. The highest BCUT2D eigenvalue weighted by Gasteiger charge is 2.14. The Morgan fingerprint density at radius 1 is 1.22 bits per heavy atom. The molecule has 2 heterocycles. The molecule has 3 rings (SSSR count). The second-order valence-electron chi connectivity index (χ2n) is 4.65. The summed E-state index contributed by atoms with van der Waals surface area (Å²) in [5.74, 6) is 2.49. The van der Waals surface area contributed by atoms with Crippen LogP contribution in [-0.2, 0) is 0 Å². The van der Waals surface area contributed by atoms with E-state index in [9.17, 15) is 0 Å². The van der Waals surface area contributed by atoms with E-state index in [0.717, 1.165) is 22.1 Å². The summed E-state index contributed by atoms with van der Waals surface area (Å²) in [5, 5.41) is 5.76. The van der Waals surface area contributed by atoms with Gasteiger partial charge < -0.3 is 11.1 Å². The molecule has 1 aromatic carbocycles. The number of hydrogen-bond acceptors (Lipinski definition) is 4. The highest BCUT2D eigenvalue weighted by Crippen LogP contribution is 2.30. The summed E-state index contributed by atoms with van der Waals surface area (Å²) in [4.78, 5) is 4.12. The molecule has 2 aromatic rings. The standard InChI is InChI=1S/C14H17N3S/c15-14-12-3-6-16-9-10(12)1-2-13(14)17-11-4-7-18-8-5-11/h1-3,6,9,11,17H,4-5,7-8,15H2. The predicted octanol–water partition coefficient (Wildman–Crippen LogP) is 3.12. The minimum absolute atomic E-state index is 0.563. The van der Waals surface area contributed by atoms with Crippen LogP contribution < -0.4 is 11.1 Å². The maximum atomic E-state index is 6.24. The van der Waals surface area contributed by atoms with Crippen molar-refractivity contribution in [3.05, 3.63) is 30.6 Å². The minimum Gasteiger partial charge on any atom is -0.397 e. The Balaban J connectivity index is 1.89. The summed E-state index contributed by atoms with van der Waals surface area (Å²) in [7, 11) is 0. The van der Waals surface area contributed by atoms with Crippen LogP contribution in [0.5, 0.6) is 0 Å². The minimum atomic E-state index is 0.563. The molecule has 0 spiro atoms. The number of anilines is 2. The van der Waals surface area contributed by atoms with Gasteiger partial charge in [0.15, 0.2) is 0 Å². The fraction of sp³-hybridized carbons (Fsp3) is 0.357. The van der Waals surface area contributed by atoms with Crippen molar-refractivity contribution in [3.8, 4) is 0 Å². The van der Waals surface area contributed by atoms with Gasteiger partial charge in [-0.05, 0) is 36.5 Å². The lowest BCUT2D eigenvalue weighted by Gasteiger charge is -2.24. The molecule has 1 fully saturated rings. The monoisotopic (exact) mass is 259 g/mol. The molecule has 1 aromatic heterocycles. The fourth-order valence-electron chi connectivity index (χ4n) is 2.38. The molecule has 3 N–H and O–H groups in total. The van der Waals surface area contributed by atoms with Crippen LogP contribution in [0.15, 0.2) is 30.6 Å². The molecule has 1 aliphatic heterocycles. The van der Waals surface area contributed by atoms with Crippen LogP contribution in [0.3, 0.4) is 0 Å². The molecule has 0 atom stereocenters. The number of aromatic nitrogens is 1. The summed E-state index contributed by atoms with van der Waals surface area (Å²) >= 11 is 2.04. The number of nitrogens with zero attached hydrogens (tertiary/aromatic N) is 1. The molecule has 0 unspecified atom stereocenters. The quantitative estimate of drug-likeness (QED) is 0.814. The van der Waals surface area contributed by atoms with E-state index in [2.05, 4.69) is 22.4 Å². The average Bonchev–Trinajstić information content (AvgIpc) is 2.43. The van der Waals surface area contributed by atoms with Gasteiger partial charge in [0, 0.05) is 29.2 Å². The van der Waals surface area contributed by atoms with E-state index < -0.39 is 0 Å². The largest absolute Gasteiger partial charge is 0.397 e. The first kappa shape index (κ1) is 11.7. The van der Waals surface area contributed by atoms with Gasteiger partial charge in [0.25, 0.3) is 0 Å². The van der Waals surface area contributed by atoms with Crippen molar-refractivity contribution >= 4 is 33.9 Å². The van der Waals surface area contributed by atoms with E-state index in [-0.39, 0.29) is 0 Å². The second-order valence-corrected chi connectivity index (χ2v) is 5.88. The lowest BCUT2D eigenvalue weighted by Crippen LogP contribution is -2.24. The van der Waals surface area contributed by atoms with Gasteiger partial charge in [-0.1, -0.05) is 6.07 Å². The smallest absolute Gasteiger partial charge is 0.0630 e. The Bertz CT molecular complexity index is 550. The summed E-state index contributed by atoms with van der Waals surface area (Å²) in [6.07, 6.45) is 6.09. The zero-order valence-corrected chi connectivity index (χ0v) is 11.0. The first-order chi connectivity index (χ1) is 8.84. The molecule has 94 valence electrons. The normalized spacial score (nSPS) is 16.9. The number of thioether (sulfide) groups is 1. The van der Waals surface area contributed by atoms with Gasteiger partial charge in [0.05, 0.1) is 11.4 Å². The highest BCUT2D eigenvalue weighted by molar-refractivity contribution is 7.99. The van der Waals surface area contributed by atoms with Crippen LogP contribution in [0.2, 0.25) is 0 Å². The zero-order valence-electron chi connectivity index (χ0n) is 10.2. The molecule has 0 radical (unpaired) electrons. The predicted molar refractivity (Wildman–Crippen MR) is 80.1 cm³/mol. The van der Waals surface area contributed by atoms with Crippen molar-refractivity contribution in [2.24, 2.45) is 0 Å². The Morgan fingerprint density at radius 2 is 2.06 bits per heavy atom. The molecule has 1 saturated heterocycles. The molecule has 18 heavy (non-hydrogen) atoms. The second kappa shape index (κ2) is 5.06. The number of nitrogen functional groups attached to an aromatic ring is 1. The van der Waals surface area contributed by atoms with Gasteiger partial charge in [-0.25, -0.2) is 0 Å². The van der Waals surface area contributed by atoms with Crippen LogP contribution in [0, 0.1) is 0 Å². The van der Waals surface area contributed by atoms with Gasteiger partial charge in [-0.2, -0.15) is 11.8 Å². The number of benzene rings is 1. The Labute approximate surface area is 111 Å². The molecule has 0 bridgehead atoms. The van der Waals surface area contributed by atoms with Crippen molar-refractivity contribution in [1.29, 1.82) is 0 Å². The molecular weight excluding hydrogens is 242 g/mol. The van der Waals surface area contributed by atoms with Crippen LogP contribution in [0.25, 0.3) is 10.8 Å². The molecule has 0 amide bonds. The van der Waals surface area contributed by atoms with Crippen molar-refractivity contribution in [3.63, 3.8) is 0 Å². The van der Waals surface area contributed by atoms with E-state index in [4.69, 9.17) is 5.73 Å². The number of pyridine rings is 1. The summed E-state index contributed by atoms with van der Waals surface area (Å²) in [6, 6.07) is 6.69. The molecule has 0 aliphatic carbocycles. The fourth-order valence-corrected chi connectivity index (χ4v) is 3.49. The van der Waals surface area contributed by atoms with E-state index in [1.807, 2.05) is 24.0 Å². The van der Waals surface area contributed by atoms with E-state index >= 15 is 0 Å². The number of fused-ring (bicyclic) bond motifs is 1. The van der Waals surface area contributed by atoms with Gasteiger partial charge in [0.1, 0.15) is 0 Å². The topological polar surface area (TPSA) is 50.9 Å². The van der Waals surface area contributed by atoms with Gasteiger partial charge >= 0.3 is 0 Å².